The monoisotopic (exact) mass is 375 g/mol. The molecule has 0 unspecified atom stereocenters. The van der Waals surface area contributed by atoms with Gasteiger partial charge in [-0.2, -0.15) is 0 Å². The number of benzene rings is 1. The molecule has 4 nitrogen and oxygen atoms in total. The quantitative estimate of drug-likeness (QED) is 0.820. The summed E-state index contributed by atoms with van der Waals surface area (Å²) >= 11 is 0. The molecule has 1 radical (unpaired) electrons. The molecule has 2 aromatic rings. The number of aromatic amines is 1. The third-order valence-electron chi connectivity index (χ3n) is 4.87. The Kier molecular flexibility index (Phi) is 5.36. The van der Waals surface area contributed by atoms with Crippen molar-refractivity contribution in [2.75, 3.05) is 5.32 Å². The number of nitrogens with one attached hydrogen (secondary N) is 2. The number of hydrogen-bond donors (Lipinski definition) is 2. The second-order valence-electron chi connectivity index (χ2n) is 7.70. The number of ketones is 1. The summed E-state index contributed by atoms with van der Waals surface area (Å²) < 4.78 is 0. The van der Waals surface area contributed by atoms with Gasteiger partial charge in [0.05, 0.1) is 11.1 Å². The second-order valence-corrected chi connectivity index (χ2v) is 7.70. The molecule has 1 aliphatic carbocycles. The molecule has 0 bridgehead atoms. The van der Waals surface area contributed by atoms with Crippen molar-refractivity contribution in [1.29, 1.82) is 0 Å². The molecule has 25 heavy (non-hydrogen) atoms. The van der Waals surface area contributed by atoms with E-state index in [2.05, 4.69) is 37.1 Å². The van der Waals surface area contributed by atoms with Gasteiger partial charge >= 0.3 is 0 Å². The van der Waals surface area contributed by atoms with E-state index in [0.717, 1.165) is 28.9 Å². The van der Waals surface area contributed by atoms with Gasteiger partial charge in [0.25, 0.3) is 5.91 Å². The molecule has 1 amide bonds. The minimum absolute atomic E-state index is 0. The summed E-state index contributed by atoms with van der Waals surface area (Å²) in [4.78, 5) is 28.4. The number of carbonyl (C=O) groups excluding carboxylic acids is 2. The zero-order chi connectivity index (χ0) is 17.6. The van der Waals surface area contributed by atoms with Crippen LogP contribution in [0.3, 0.4) is 0 Å². The minimum atomic E-state index is -0.230. The molecular formula is C20H24N2O2V. The Morgan fingerprint density at radius 1 is 1.08 bits per heavy atom. The second kappa shape index (κ2) is 6.85. The first-order valence-corrected chi connectivity index (χ1v) is 8.30. The van der Waals surface area contributed by atoms with Crippen molar-refractivity contribution >= 4 is 17.4 Å². The minimum Gasteiger partial charge on any atom is -0.364 e. The maximum Gasteiger partial charge on any atom is 0.257 e. The number of fused-ring (bicyclic) bond motifs is 1. The predicted molar refractivity (Wildman–Crippen MR) is 95.8 cm³/mol. The third kappa shape index (κ3) is 3.75. The molecule has 0 saturated carbocycles. The van der Waals surface area contributed by atoms with E-state index in [-0.39, 0.29) is 35.7 Å². The van der Waals surface area contributed by atoms with Crippen molar-refractivity contribution in [1.82, 2.24) is 4.98 Å². The van der Waals surface area contributed by atoms with Gasteiger partial charge in [-0.1, -0.05) is 19.9 Å². The van der Waals surface area contributed by atoms with E-state index in [0.29, 0.717) is 17.5 Å². The molecule has 5 heteroatoms. The van der Waals surface area contributed by atoms with E-state index in [1.165, 1.54) is 5.56 Å². The van der Waals surface area contributed by atoms with E-state index in [4.69, 9.17) is 0 Å². The third-order valence-corrected chi connectivity index (χ3v) is 4.87. The SMILES string of the molecule is Cc1cc(C)c(NC(=O)c2c[nH]c3c2C(=O)CC(C)(C)C3)cc1C.[V]. The molecule has 1 aromatic carbocycles. The molecule has 0 spiro atoms. The number of aryl methyl sites for hydroxylation is 3. The number of carbonyl (C=O) groups is 2. The molecule has 0 fully saturated rings. The fourth-order valence-electron chi connectivity index (χ4n) is 3.45. The molecule has 2 N–H and O–H groups in total. The first-order chi connectivity index (χ1) is 11.2. The molecule has 1 aliphatic rings. The molecule has 0 saturated heterocycles. The maximum absolute atomic E-state index is 12.7. The van der Waals surface area contributed by atoms with Gasteiger partial charge in [0.15, 0.2) is 5.78 Å². The number of rotatable bonds is 2. The van der Waals surface area contributed by atoms with Crippen LogP contribution in [0.15, 0.2) is 18.3 Å². The Balaban J connectivity index is 0.00000225. The van der Waals surface area contributed by atoms with Crippen LogP contribution >= 0.6 is 0 Å². The van der Waals surface area contributed by atoms with Crippen LogP contribution < -0.4 is 5.32 Å². The average Bonchev–Trinajstić information content (AvgIpc) is 2.87. The fourth-order valence-corrected chi connectivity index (χ4v) is 3.45. The normalized spacial score (nSPS) is 15.3. The van der Waals surface area contributed by atoms with Crippen molar-refractivity contribution in [3.05, 3.63) is 51.8 Å². The number of hydrogen-bond acceptors (Lipinski definition) is 2. The first kappa shape index (κ1) is 19.5. The smallest absolute Gasteiger partial charge is 0.257 e. The maximum atomic E-state index is 12.7. The molecule has 1 heterocycles. The number of H-pyrrole nitrogens is 1. The van der Waals surface area contributed by atoms with Crippen molar-refractivity contribution in [3.63, 3.8) is 0 Å². The molecule has 131 valence electrons. The zero-order valence-corrected chi connectivity index (χ0v) is 16.8. The Bertz CT molecular complexity index is 850. The van der Waals surface area contributed by atoms with Gasteiger partial charge < -0.3 is 10.3 Å². The van der Waals surface area contributed by atoms with Gasteiger partial charge in [0.2, 0.25) is 0 Å². The van der Waals surface area contributed by atoms with Gasteiger partial charge in [-0.3, -0.25) is 9.59 Å². The van der Waals surface area contributed by atoms with Crippen LogP contribution in [0.2, 0.25) is 0 Å². The number of anilines is 1. The van der Waals surface area contributed by atoms with Crippen LogP contribution in [0.4, 0.5) is 5.69 Å². The Morgan fingerprint density at radius 3 is 2.40 bits per heavy atom. The van der Waals surface area contributed by atoms with Gasteiger partial charge in [-0.05, 0) is 55.4 Å². The number of aromatic nitrogens is 1. The van der Waals surface area contributed by atoms with Gasteiger partial charge in [-0.15, -0.1) is 0 Å². The van der Waals surface area contributed by atoms with E-state index < -0.39 is 0 Å². The number of Topliss-reactive ketones (excluding diaryl/α,β-unsaturated/α-hetero) is 1. The van der Waals surface area contributed by atoms with Crippen LogP contribution in [-0.4, -0.2) is 16.7 Å². The van der Waals surface area contributed by atoms with Crippen LogP contribution in [-0.2, 0) is 25.0 Å². The van der Waals surface area contributed by atoms with Crippen molar-refractivity contribution < 1.29 is 28.1 Å². The van der Waals surface area contributed by atoms with E-state index in [1.54, 1.807) is 6.20 Å². The summed E-state index contributed by atoms with van der Waals surface area (Å²) in [6.07, 6.45) is 2.92. The molecule has 0 atom stereocenters. The van der Waals surface area contributed by atoms with Crippen molar-refractivity contribution in [2.24, 2.45) is 5.41 Å². The van der Waals surface area contributed by atoms with Crippen LogP contribution in [0.1, 0.15) is 63.4 Å². The summed E-state index contributed by atoms with van der Waals surface area (Å²) in [6.45, 7) is 10.2. The van der Waals surface area contributed by atoms with Gasteiger partial charge in [0.1, 0.15) is 0 Å². The average molecular weight is 375 g/mol. The Labute approximate surface area is 160 Å². The first-order valence-electron chi connectivity index (χ1n) is 8.30. The van der Waals surface area contributed by atoms with Crippen LogP contribution in [0.25, 0.3) is 0 Å². The van der Waals surface area contributed by atoms with Crippen molar-refractivity contribution in [2.45, 2.75) is 47.5 Å². The summed E-state index contributed by atoms with van der Waals surface area (Å²) in [7, 11) is 0. The summed E-state index contributed by atoms with van der Waals surface area (Å²) in [5, 5.41) is 2.96. The predicted octanol–water partition coefficient (Wildman–Crippen LogP) is 4.34. The largest absolute Gasteiger partial charge is 0.364 e. The fraction of sp³-hybridized carbons (Fsp3) is 0.400. The topological polar surface area (TPSA) is 62.0 Å². The van der Waals surface area contributed by atoms with Gasteiger partial charge in [0, 0.05) is 42.6 Å². The Hall–Kier alpha value is -1.78. The Morgan fingerprint density at radius 2 is 1.72 bits per heavy atom. The molecule has 1 aromatic heterocycles. The van der Waals surface area contributed by atoms with Crippen molar-refractivity contribution in [3.8, 4) is 0 Å². The summed E-state index contributed by atoms with van der Waals surface area (Å²) in [5.74, 6) is -0.184. The molecule has 3 rings (SSSR count). The van der Waals surface area contributed by atoms with Crippen LogP contribution in [0.5, 0.6) is 0 Å². The molecular weight excluding hydrogens is 351 g/mol. The van der Waals surface area contributed by atoms with E-state index in [9.17, 15) is 9.59 Å². The summed E-state index contributed by atoms with van der Waals surface area (Å²) in [6, 6.07) is 4.04. The molecule has 0 aliphatic heterocycles. The zero-order valence-electron chi connectivity index (χ0n) is 15.4. The van der Waals surface area contributed by atoms with E-state index >= 15 is 0 Å². The number of amides is 1. The van der Waals surface area contributed by atoms with Crippen LogP contribution in [0, 0.1) is 26.2 Å². The van der Waals surface area contributed by atoms with Gasteiger partial charge in [-0.25, -0.2) is 0 Å². The van der Waals surface area contributed by atoms with E-state index in [1.807, 2.05) is 19.9 Å². The standard InChI is InChI=1S/C20H24N2O2.V/c1-11-6-13(3)15(7-12(11)2)22-19(24)14-10-21-16-8-20(4,5)9-17(23)18(14)16;/h6-7,10,21H,8-9H2,1-5H3,(H,22,24);. The summed E-state index contributed by atoms with van der Waals surface area (Å²) in [5.41, 5.74) is 5.96.